The molecule has 0 unspecified atom stereocenters. The smallest absolute Gasteiger partial charge is 0.193 e. The van der Waals surface area contributed by atoms with E-state index in [0.29, 0.717) is 6.42 Å². The lowest BCUT2D eigenvalue weighted by Crippen LogP contribution is -2.39. The zero-order chi connectivity index (χ0) is 18.5. The average Bonchev–Trinajstić information content (AvgIpc) is 2.99. The first-order chi connectivity index (χ1) is 11.9. The van der Waals surface area contributed by atoms with Gasteiger partial charge in [-0.2, -0.15) is 0 Å². The van der Waals surface area contributed by atoms with Crippen molar-refractivity contribution in [2.75, 3.05) is 0 Å². The SMILES string of the molecule is CCCC1(CCC)OC(CC2=N[C@H](C)C(CCC)(CCC)O2)=N[C@@H]1C. The summed E-state index contributed by atoms with van der Waals surface area (Å²) in [6.07, 6.45) is 9.36. The fraction of sp³-hybridized carbons (Fsp3) is 0.905. The lowest BCUT2D eigenvalue weighted by Gasteiger charge is -2.32. The van der Waals surface area contributed by atoms with Gasteiger partial charge in [-0.1, -0.05) is 53.4 Å². The Balaban J connectivity index is 2.06. The Kier molecular flexibility index (Phi) is 6.93. The number of hydrogen-bond acceptors (Lipinski definition) is 4. The van der Waals surface area contributed by atoms with E-state index in [2.05, 4.69) is 41.5 Å². The molecule has 0 aliphatic carbocycles. The topological polar surface area (TPSA) is 43.2 Å². The van der Waals surface area contributed by atoms with E-state index >= 15 is 0 Å². The number of ether oxygens (including phenoxy) is 2. The molecule has 0 bridgehead atoms. The minimum absolute atomic E-state index is 0.118. The van der Waals surface area contributed by atoms with E-state index in [-0.39, 0.29) is 23.3 Å². The molecule has 0 N–H and O–H groups in total. The van der Waals surface area contributed by atoms with Gasteiger partial charge in [-0.15, -0.1) is 0 Å². The number of rotatable bonds is 10. The average molecular weight is 351 g/mol. The van der Waals surface area contributed by atoms with Gasteiger partial charge in [0.05, 0.1) is 18.5 Å². The third-order valence-corrected chi connectivity index (χ3v) is 5.84. The highest BCUT2D eigenvalue weighted by Gasteiger charge is 2.46. The van der Waals surface area contributed by atoms with Gasteiger partial charge in [0.2, 0.25) is 0 Å². The van der Waals surface area contributed by atoms with Gasteiger partial charge in [0.25, 0.3) is 0 Å². The Morgan fingerprint density at radius 1 is 0.680 bits per heavy atom. The van der Waals surface area contributed by atoms with Crippen LogP contribution in [0.4, 0.5) is 0 Å². The van der Waals surface area contributed by atoms with E-state index in [9.17, 15) is 0 Å². The van der Waals surface area contributed by atoms with Gasteiger partial charge in [-0.05, 0) is 39.5 Å². The monoisotopic (exact) mass is 350 g/mol. The van der Waals surface area contributed by atoms with Crippen molar-refractivity contribution in [1.82, 2.24) is 0 Å². The van der Waals surface area contributed by atoms with Crippen LogP contribution in [0.25, 0.3) is 0 Å². The van der Waals surface area contributed by atoms with Crippen LogP contribution < -0.4 is 0 Å². The zero-order valence-electron chi connectivity index (χ0n) is 17.2. The fourth-order valence-corrected chi connectivity index (χ4v) is 4.63. The van der Waals surface area contributed by atoms with Crippen LogP contribution in [0, 0.1) is 0 Å². The predicted octanol–water partition coefficient (Wildman–Crippen LogP) is 5.69. The second-order valence-corrected chi connectivity index (χ2v) is 7.91. The first-order valence-corrected chi connectivity index (χ1v) is 10.5. The lowest BCUT2D eigenvalue weighted by molar-refractivity contribution is 0.0329. The number of hydrogen-bond donors (Lipinski definition) is 0. The van der Waals surface area contributed by atoms with Crippen molar-refractivity contribution in [3.05, 3.63) is 0 Å². The van der Waals surface area contributed by atoms with Crippen LogP contribution in [0.5, 0.6) is 0 Å². The second-order valence-electron chi connectivity index (χ2n) is 7.91. The molecule has 0 aromatic heterocycles. The molecule has 2 rings (SSSR count). The first-order valence-electron chi connectivity index (χ1n) is 10.5. The van der Waals surface area contributed by atoms with Gasteiger partial charge in [0, 0.05) is 0 Å². The zero-order valence-corrected chi connectivity index (χ0v) is 17.2. The summed E-state index contributed by atoms with van der Waals surface area (Å²) in [5, 5.41) is 0. The van der Waals surface area contributed by atoms with Gasteiger partial charge in [-0.25, -0.2) is 9.98 Å². The summed E-state index contributed by atoms with van der Waals surface area (Å²) < 4.78 is 12.8. The van der Waals surface area contributed by atoms with Gasteiger partial charge < -0.3 is 9.47 Å². The molecule has 25 heavy (non-hydrogen) atoms. The Hall–Kier alpha value is -1.06. The van der Waals surface area contributed by atoms with E-state index in [4.69, 9.17) is 19.5 Å². The third kappa shape index (κ3) is 4.20. The summed E-state index contributed by atoms with van der Waals surface area (Å²) in [7, 11) is 0. The highest BCUT2D eigenvalue weighted by molar-refractivity contribution is 5.98. The van der Waals surface area contributed by atoms with E-state index in [1.165, 1.54) is 0 Å². The van der Waals surface area contributed by atoms with Crippen LogP contribution in [-0.4, -0.2) is 35.1 Å². The molecule has 0 saturated carbocycles. The van der Waals surface area contributed by atoms with Crippen LogP contribution in [0.2, 0.25) is 0 Å². The maximum atomic E-state index is 6.42. The maximum absolute atomic E-state index is 6.42. The molecular weight excluding hydrogens is 312 g/mol. The lowest BCUT2D eigenvalue weighted by atomic mass is 9.86. The van der Waals surface area contributed by atoms with E-state index < -0.39 is 0 Å². The van der Waals surface area contributed by atoms with Crippen molar-refractivity contribution in [2.24, 2.45) is 9.98 Å². The Morgan fingerprint density at radius 2 is 1.00 bits per heavy atom. The standard InChI is InChI=1S/C21H38N2O2/c1-7-11-20(12-8-2)16(5)22-18(24-20)15-19-23-17(6)21(25-19,13-9-3)14-10-4/h16-17H,7-15H2,1-6H3/t16-,17-/m1/s1. The van der Waals surface area contributed by atoms with Crippen LogP contribution in [0.15, 0.2) is 9.98 Å². The summed E-state index contributed by atoms with van der Waals surface area (Å²) in [6.45, 7) is 13.3. The molecule has 2 aliphatic heterocycles. The maximum Gasteiger partial charge on any atom is 0.193 e. The highest BCUT2D eigenvalue weighted by Crippen LogP contribution is 2.38. The quantitative estimate of drug-likeness (QED) is 0.508. The molecule has 0 radical (unpaired) electrons. The largest absolute Gasteiger partial charge is 0.472 e. The predicted molar refractivity (Wildman–Crippen MR) is 106 cm³/mol. The number of aliphatic imine (C=N–C) groups is 2. The molecule has 2 aliphatic rings. The molecule has 2 heterocycles. The van der Waals surface area contributed by atoms with Gasteiger partial charge in [0.15, 0.2) is 11.8 Å². The summed E-state index contributed by atoms with van der Waals surface area (Å²) in [5.41, 5.74) is -0.235. The van der Waals surface area contributed by atoms with E-state index in [1.54, 1.807) is 0 Å². The van der Waals surface area contributed by atoms with Crippen molar-refractivity contribution in [2.45, 2.75) is 123 Å². The summed E-state index contributed by atoms with van der Waals surface area (Å²) in [5.74, 6) is 1.65. The second kappa shape index (κ2) is 8.55. The Labute approximate surface area is 154 Å². The number of nitrogens with zero attached hydrogens (tertiary/aromatic N) is 2. The summed E-state index contributed by atoms with van der Waals surface area (Å²) in [6, 6.07) is 0.440. The molecule has 0 aromatic carbocycles. The first kappa shape index (κ1) is 20.3. The van der Waals surface area contributed by atoms with Crippen molar-refractivity contribution < 1.29 is 9.47 Å². The molecule has 144 valence electrons. The molecule has 2 atom stereocenters. The molecule has 0 aromatic rings. The normalized spacial score (nSPS) is 26.8. The van der Waals surface area contributed by atoms with Crippen molar-refractivity contribution in [3.63, 3.8) is 0 Å². The molecule has 0 fully saturated rings. The van der Waals surface area contributed by atoms with Gasteiger partial charge >= 0.3 is 0 Å². The van der Waals surface area contributed by atoms with Crippen LogP contribution >= 0.6 is 0 Å². The fourth-order valence-electron chi connectivity index (χ4n) is 4.63. The Morgan fingerprint density at radius 3 is 1.28 bits per heavy atom. The molecule has 4 heteroatoms. The molecule has 4 nitrogen and oxygen atoms in total. The van der Waals surface area contributed by atoms with Crippen LogP contribution in [0.1, 0.15) is 99.3 Å². The molecule has 0 spiro atoms. The van der Waals surface area contributed by atoms with Crippen molar-refractivity contribution >= 4 is 11.8 Å². The van der Waals surface area contributed by atoms with Crippen LogP contribution in [0.3, 0.4) is 0 Å². The molecule has 0 saturated heterocycles. The van der Waals surface area contributed by atoms with Crippen LogP contribution in [-0.2, 0) is 9.47 Å². The molecule has 0 amide bonds. The highest BCUT2D eigenvalue weighted by atomic mass is 16.5. The van der Waals surface area contributed by atoms with Gasteiger partial charge in [0.1, 0.15) is 11.2 Å². The van der Waals surface area contributed by atoms with Gasteiger partial charge in [-0.3, -0.25) is 0 Å². The minimum atomic E-state index is -0.118. The van der Waals surface area contributed by atoms with Crippen molar-refractivity contribution in [1.29, 1.82) is 0 Å². The minimum Gasteiger partial charge on any atom is -0.472 e. The third-order valence-electron chi connectivity index (χ3n) is 5.84. The van der Waals surface area contributed by atoms with Crippen molar-refractivity contribution in [3.8, 4) is 0 Å². The summed E-state index contributed by atoms with van der Waals surface area (Å²) >= 11 is 0. The summed E-state index contributed by atoms with van der Waals surface area (Å²) in [4.78, 5) is 9.68. The molecular formula is C21H38N2O2. The Bertz CT molecular complexity index is 442. The van der Waals surface area contributed by atoms with E-state index in [1.807, 2.05) is 0 Å². The van der Waals surface area contributed by atoms with E-state index in [0.717, 1.165) is 63.2 Å².